The Labute approximate surface area is 185 Å². The Kier molecular flexibility index (Phi) is 9.88. The number of ether oxygens (including phenoxy) is 1. The van der Waals surface area contributed by atoms with E-state index in [0.29, 0.717) is 28.4 Å². The van der Waals surface area contributed by atoms with Gasteiger partial charge in [0.2, 0.25) is 5.88 Å². The van der Waals surface area contributed by atoms with Crippen LogP contribution in [0.2, 0.25) is 0 Å². The van der Waals surface area contributed by atoms with Gasteiger partial charge in [-0.3, -0.25) is 0 Å². The summed E-state index contributed by atoms with van der Waals surface area (Å²) in [4.78, 5) is 8.69. The zero-order valence-corrected chi connectivity index (χ0v) is 19.2. The molecule has 1 aliphatic rings. The highest BCUT2D eigenvalue weighted by Crippen LogP contribution is 2.28. The Morgan fingerprint density at radius 2 is 2.00 bits per heavy atom. The van der Waals surface area contributed by atoms with Gasteiger partial charge in [-0.05, 0) is 25.8 Å². The smallest absolute Gasteiger partial charge is 0.481 e. The monoisotopic (exact) mass is 551 g/mol. The highest BCUT2D eigenvalue weighted by molar-refractivity contribution is 14.0. The number of hydrogen-bond donors (Lipinski definition) is 2. The lowest BCUT2D eigenvalue weighted by Crippen LogP contribution is -2.51. The second kappa shape index (κ2) is 11.2. The maximum atomic E-state index is 12.7. The molecule has 0 amide bonds. The van der Waals surface area contributed by atoms with E-state index >= 15 is 0 Å². The van der Waals surface area contributed by atoms with Gasteiger partial charge in [0.05, 0.1) is 19.3 Å². The summed E-state index contributed by atoms with van der Waals surface area (Å²) >= 11 is 0. The first-order chi connectivity index (χ1) is 13.2. The molecule has 0 bridgehead atoms. The number of sulfonamides is 1. The van der Waals surface area contributed by atoms with Gasteiger partial charge in [0.15, 0.2) is 5.96 Å². The summed E-state index contributed by atoms with van der Waals surface area (Å²) in [6, 6.07) is 5.14. The Morgan fingerprint density at radius 3 is 2.55 bits per heavy atom. The first-order valence-electron chi connectivity index (χ1n) is 8.78. The summed E-state index contributed by atoms with van der Waals surface area (Å²) in [6.07, 6.45) is 0.494. The molecule has 8 nitrogen and oxygen atoms in total. The molecule has 13 heteroatoms. The summed E-state index contributed by atoms with van der Waals surface area (Å²) in [6.45, 7) is 2.37. The predicted molar refractivity (Wildman–Crippen MR) is 114 cm³/mol. The van der Waals surface area contributed by atoms with E-state index in [9.17, 15) is 21.6 Å². The molecule has 1 aromatic heterocycles. The minimum absolute atomic E-state index is 0. The van der Waals surface area contributed by atoms with Crippen LogP contribution in [0.1, 0.15) is 25.5 Å². The maximum absolute atomic E-state index is 12.7. The van der Waals surface area contributed by atoms with Crippen LogP contribution in [0.5, 0.6) is 5.88 Å². The van der Waals surface area contributed by atoms with Gasteiger partial charge in [-0.15, -0.1) is 24.0 Å². The molecule has 0 saturated carbocycles. The van der Waals surface area contributed by atoms with Crippen LogP contribution in [0.25, 0.3) is 0 Å². The number of nitrogens with one attached hydrogen (secondary N) is 2. The minimum atomic E-state index is -5.27. The summed E-state index contributed by atoms with van der Waals surface area (Å²) < 4.78 is 66.5. The van der Waals surface area contributed by atoms with Gasteiger partial charge in [0.25, 0.3) is 0 Å². The molecule has 1 saturated heterocycles. The molecule has 2 rings (SSSR count). The van der Waals surface area contributed by atoms with Gasteiger partial charge < -0.3 is 15.4 Å². The van der Waals surface area contributed by atoms with Crippen LogP contribution in [0.3, 0.4) is 0 Å². The Bertz CT molecular complexity index is 784. The third kappa shape index (κ3) is 7.13. The quantitative estimate of drug-likeness (QED) is 0.320. The van der Waals surface area contributed by atoms with Crippen LogP contribution >= 0.6 is 24.0 Å². The summed E-state index contributed by atoms with van der Waals surface area (Å²) in [5, 5.41) is 6.21. The van der Waals surface area contributed by atoms with E-state index in [1.807, 2.05) is 6.92 Å². The van der Waals surface area contributed by atoms with Gasteiger partial charge >= 0.3 is 15.5 Å². The average molecular weight is 551 g/mol. The number of guanidine groups is 1. The minimum Gasteiger partial charge on any atom is -0.481 e. The SMILES string of the molecule is CCNC(=NCc1cccc(OC)n1)NC1CCN(S(=O)(=O)C(F)(F)F)CC1.I. The molecule has 0 unspecified atom stereocenters. The van der Waals surface area contributed by atoms with Crippen molar-refractivity contribution >= 4 is 40.0 Å². The molecule has 0 aromatic carbocycles. The number of methoxy groups -OCH3 is 1. The number of alkyl halides is 3. The topological polar surface area (TPSA) is 95.9 Å². The van der Waals surface area contributed by atoms with Crippen LogP contribution in [0, 0.1) is 0 Å². The molecular weight excluding hydrogens is 526 g/mol. The van der Waals surface area contributed by atoms with Gasteiger partial charge in [-0.25, -0.2) is 18.4 Å². The van der Waals surface area contributed by atoms with E-state index in [2.05, 4.69) is 20.6 Å². The molecule has 2 N–H and O–H groups in total. The number of hydrogen-bond acceptors (Lipinski definition) is 5. The van der Waals surface area contributed by atoms with Crippen LogP contribution in [-0.2, 0) is 16.6 Å². The van der Waals surface area contributed by atoms with Crippen LogP contribution in [0.4, 0.5) is 13.2 Å². The zero-order valence-electron chi connectivity index (χ0n) is 16.1. The van der Waals surface area contributed by atoms with Crippen LogP contribution < -0.4 is 15.4 Å². The van der Waals surface area contributed by atoms with Crippen LogP contribution in [0.15, 0.2) is 23.2 Å². The van der Waals surface area contributed by atoms with Gasteiger partial charge in [0.1, 0.15) is 0 Å². The Balaban J connectivity index is 0.00000420. The molecule has 0 aliphatic carbocycles. The normalized spacial score (nSPS) is 16.8. The molecule has 1 fully saturated rings. The lowest BCUT2D eigenvalue weighted by Gasteiger charge is -2.32. The first-order valence-corrected chi connectivity index (χ1v) is 10.2. The summed E-state index contributed by atoms with van der Waals surface area (Å²) in [7, 11) is -3.75. The number of aliphatic imine (C=N–C) groups is 1. The Hall–Kier alpha value is -1.35. The second-order valence-corrected chi connectivity index (χ2v) is 8.06. The molecular formula is C16H25F3IN5O3S. The number of halogens is 4. The van der Waals surface area contributed by atoms with E-state index in [4.69, 9.17) is 4.74 Å². The third-order valence-electron chi connectivity index (χ3n) is 4.16. The second-order valence-electron chi connectivity index (χ2n) is 6.13. The average Bonchev–Trinajstić information content (AvgIpc) is 2.66. The summed E-state index contributed by atoms with van der Waals surface area (Å²) in [5.74, 6) is 0.966. The predicted octanol–water partition coefficient (Wildman–Crippen LogP) is 2.08. The van der Waals surface area contributed by atoms with E-state index in [-0.39, 0.29) is 62.5 Å². The number of nitrogens with zero attached hydrogens (tertiary/aromatic N) is 3. The van der Waals surface area contributed by atoms with Crippen molar-refractivity contribution in [2.24, 2.45) is 4.99 Å². The fourth-order valence-electron chi connectivity index (χ4n) is 2.72. The molecule has 166 valence electrons. The standard InChI is InChI=1S/C16H24F3N5O3S.HI/c1-3-20-15(21-11-13-5-4-6-14(22-13)27-2)23-12-7-9-24(10-8-12)28(25,26)16(17,18)19;/h4-6,12H,3,7-11H2,1-2H3,(H2,20,21,23);1H. The van der Waals surface area contributed by atoms with Crippen molar-refractivity contribution < 1.29 is 26.3 Å². The van der Waals surface area contributed by atoms with Crippen LogP contribution in [-0.4, -0.2) is 62.0 Å². The van der Waals surface area contributed by atoms with Crippen molar-refractivity contribution in [1.29, 1.82) is 0 Å². The first kappa shape index (κ1) is 25.7. The zero-order chi connectivity index (χ0) is 20.8. The van der Waals surface area contributed by atoms with E-state index in [1.54, 1.807) is 18.2 Å². The molecule has 0 spiro atoms. The lowest BCUT2D eigenvalue weighted by atomic mass is 10.1. The van der Waals surface area contributed by atoms with Crippen molar-refractivity contribution in [3.8, 4) is 5.88 Å². The summed E-state index contributed by atoms with van der Waals surface area (Å²) in [5.41, 5.74) is -4.57. The van der Waals surface area contributed by atoms with Gasteiger partial charge in [0, 0.05) is 31.7 Å². The van der Waals surface area contributed by atoms with Gasteiger partial charge in [-0.1, -0.05) is 6.07 Å². The van der Waals surface area contributed by atoms with Crippen molar-refractivity contribution in [2.45, 2.75) is 37.9 Å². The number of rotatable bonds is 6. The highest BCUT2D eigenvalue weighted by Gasteiger charge is 2.50. The molecule has 29 heavy (non-hydrogen) atoms. The molecule has 0 radical (unpaired) electrons. The molecule has 2 heterocycles. The largest absolute Gasteiger partial charge is 0.511 e. The number of piperidine rings is 1. The van der Waals surface area contributed by atoms with E-state index in [1.165, 1.54) is 7.11 Å². The lowest BCUT2D eigenvalue weighted by molar-refractivity contribution is -0.0494. The number of aromatic nitrogens is 1. The fraction of sp³-hybridized carbons (Fsp3) is 0.625. The van der Waals surface area contributed by atoms with Crippen molar-refractivity contribution in [1.82, 2.24) is 19.9 Å². The van der Waals surface area contributed by atoms with E-state index < -0.39 is 15.5 Å². The van der Waals surface area contributed by atoms with Crippen molar-refractivity contribution in [3.05, 3.63) is 23.9 Å². The molecule has 1 aliphatic heterocycles. The molecule has 1 aromatic rings. The fourth-order valence-corrected chi connectivity index (χ4v) is 3.70. The Morgan fingerprint density at radius 1 is 1.34 bits per heavy atom. The maximum Gasteiger partial charge on any atom is 0.511 e. The molecule has 0 atom stereocenters. The third-order valence-corrected chi connectivity index (χ3v) is 5.79. The highest BCUT2D eigenvalue weighted by atomic mass is 127. The number of pyridine rings is 1. The van der Waals surface area contributed by atoms with E-state index in [0.717, 1.165) is 0 Å². The van der Waals surface area contributed by atoms with Crippen molar-refractivity contribution in [3.63, 3.8) is 0 Å². The van der Waals surface area contributed by atoms with Gasteiger partial charge in [-0.2, -0.15) is 17.5 Å². The van der Waals surface area contributed by atoms with Crippen molar-refractivity contribution in [2.75, 3.05) is 26.7 Å².